The largest absolute Gasteiger partial charge is 0.471 e. The zero-order valence-corrected chi connectivity index (χ0v) is 16.3. The molecule has 7 heteroatoms. The number of furan rings is 1. The van der Waals surface area contributed by atoms with E-state index in [1.54, 1.807) is 18.6 Å². The maximum Gasteiger partial charge on any atom is 0.258 e. The number of nitrogens with one attached hydrogen (secondary N) is 3. The van der Waals surface area contributed by atoms with Crippen molar-refractivity contribution in [2.75, 3.05) is 17.2 Å². The summed E-state index contributed by atoms with van der Waals surface area (Å²) in [6, 6.07) is 15.7. The van der Waals surface area contributed by atoms with Crippen molar-refractivity contribution in [2.45, 2.75) is 19.5 Å². The van der Waals surface area contributed by atoms with E-state index in [0.717, 1.165) is 46.4 Å². The van der Waals surface area contributed by atoms with E-state index in [2.05, 4.69) is 38.1 Å². The summed E-state index contributed by atoms with van der Waals surface area (Å²) in [5.74, 6) is 0.792. The number of aromatic nitrogens is 2. The van der Waals surface area contributed by atoms with E-state index in [-0.39, 0.29) is 5.91 Å². The summed E-state index contributed by atoms with van der Waals surface area (Å²) in [7, 11) is 0. The molecule has 0 saturated carbocycles. The number of carbonyl (C=O) groups excluding carboxylic acids is 1. The third-order valence-electron chi connectivity index (χ3n) is 5.23. The second kappa shape index (κ2) is 7.96. The van der Waals surface area contributed by atoms with Gasteiger partial charge in [0.05, 0.1) is 23.8 Å². The van der Waals surface area contributed by atoms with E-state index in [1.807, 2.05) is 30.3 Å². The van der Waals surface area contributed by atoms with Crippen LogP contribution in [-0.4, -0.2) is 22.4 Å². The van der Waals surface area contributed by atoms with Crippen LogP contribution in [0.1, 0.15) is 27.2 Å². The van der Waals surface area contributed by atoms with Crippen molar-refractivity contribution in [3.63, 3.8) is 0 Å². The Bertz CT molecular complexity index is 1200. The first-order chi connectivity index (χ1) is 14.8. The lowest BCUT2D eigenvalue weighted by Crippen LogP contribution is -2.27. The normalized spacial score (nSPS) is 13.1. The van der Waals surface area contributed by atoms with Gasteiger partial charge in [-0.1, -0.05) is 42.5 Å². The van der Waals surface area contributed by atoms with Crippen LogP contribution in [0.4, 0.5) is 11.8 Å². The standard InChI is InChI=1S/C23H21N5O2/c29-22(17-8-4-7-16-13-30-14-19(16)17)28-23-26-20-12-24-10-9-18(20)21(27-23)25-11-15-5-2-1-3-6-15/h1-8,13-14,24H,9-12H2,(H2,25,26,27,28,29). The van der Waals surface area contributed by atoms with Crippen molar-refractivity contribution in [1.29, 1.82) is 0 Å². The molecule has 0 bridgehead atoms. The average Bonchev–Trinajstić information content (AvgIpc) is 3.27. The maximum absolute atomic E-state index is 12.9. The minimum atomic E-state index is -0.264. The molecule has 0 saturated heterocycles. The predicted octanol–water partition coefficient (Wildman–Crippen LogP) is 3.73. The number of hydrogen-bond acceptors (Lipinski definition) is 6. The van der Waals surface area contributed by atoms with Crippen LogP contribution in [0.25, 0.3) is 10.8 Å². The molecule has 3 heterocycles. The number of anilines is 2. The van der Waals surface area contributed by atoms with Crippen molar-refractivity contribution < 1.29 is 9.21 Å². The topological polar surface area (TPSA) is 92.1 Å². The fourth-order valence-electron chi connectivity index (χ4n) is 3.70. The quantitative estimate of drug-likeness (QED) is 0.474. The van der Waals surface area contributed by atoms with Gasteiger partial charge in [0.25, 0.3) is 5.91 Å². The number of benzene rings is 2. The minimum Gasteiger partial charge on any atom is -0.471 e. The number of amides is 1. The van der Waals surface area contributed by atoms with E-state index >= 15 is 0 Å². The number of carbonyl (C=O) groups is 1. The Morgan fingerprint density at radius 2 is 1.97 bits per heavy atom. The molecule has 7 nitrogen and oxygen atoms in total. The Balaban J connectivity index is 1.43. The van der Waals surface area contributed by atoms with Gasteiger partial charge in [0.15, 0.2) is 0 Å². The second-order valence-corrected chi connectivity index (χ2v) is 7.22. The summed E-state index contributed by atoms with van der Waals surface area (Å²) in [6.07, 6.45) is 4.04. The van der Waals surface area contributed by atoms with Gasteiger partial charge in [-0.05, 0) is 24.6 Å². The molecule has 1 aliphatic heterocycles. The van der Waals surface area contributed by atoms with Crippen molar-refractivity contribution >= 4 is 28.4 Å². The Morgan fingerprint density at radius 1 is 1.07 bits per heavy atom. The van der Waals surface area contributed by atoms with E-state index in [0.29, 0.717) is 24.6 Å². The molecule has 3 N–H and O–H groups in total. The molecule has 1 amide bonds. The van der Waals surface area contributed by atoms with E-state index in [4.69, 9.17) is 4.42 Å². The molecule has 0 radical (unpaired) electrons. The highest BCUT2D eigenvalue weighted by Crippen LogP contribution is 2.24. The molecule has 0 spiro atoms. The molecule has 2 aromatic heterocycles. The van der Waals surface area contributed by atoms with Crippen LogP contribution < -0.4 is 16.0 Å². The third kappa shape index (κ3) is 3.62. The zero-order chi connectivity index (χ0) is 20.3. The molecule has 4 aromatic rings. The van der Waals surface area contributed by atoms with Gasteiger partial charge in [0.1, 0.15) is 5.82 Å². The monoisotopic (exact) mass is 399 g/mol. The third-order valence-corrected chi connectivity index (χ3v) is 5.23. The van der Waals surface area contributed by atoms with Gasteiger partial charge in [0, 0.05) is 29.4 Å². The first-order valence-corrected chi connectivity index (χ1v) is 9.92. The molecule has 0 unspecified atom stereocenters. The number of nitrogens with zero attached hydrogens (tertiary/aromatic N) is 2. The summed E-state index contributed by atoms with van der Waals surface area (Å²) >= 11 is 0. The van der Waals surface area contributed by atoms with Crippen LogP contribution >= 0.6 is 0 Å². The van der Waals surface area contributed by atoms with Crippen LogP contribution in [0, 0.1) is 0 Å². The van der Waals surface area contributed by atoms with Crippen molar-refractivity contribution in [3.05, 3.63) is 83.4 Å². The van der Waals surface area contributed by atoms with Crippen molar-refractivity contribution in [1.82, 2.24) is 15.3 Å². The van der Waals surface area contributed by atoms with Crippen LogP contribution in [0.3, 0.4) is 0 Å². The molecule has 30 heavy (non-hydrogen) atoms. The van der Waals surface area contributed by atoms with E-state index < -0.39 is 0 Å². The number of fused-ring (bicyclic) bond motifs is 2. The minimum absolute atomic E-state index is 0.264. The Morgan fingerprint density at radius 3 is 2.87 bits per heavy atom. The fourth-order valence-corrected chi connectivity index (χ4v) is 3.70. The molecule has 0 atom stereocenters. The van der Waals surface area contributed by atoms with Crippen molar-refractivity contribution in [2.24, 2.45) is 0 Å². The molecular weight excluding hydrogens is 378 g/mol. The van der Waals surface area contributed by atoms with Crippen LogP contribution in [0.5, 0.6) is 0 Å². The molecule has 150 valence electrons. The number of hydrogen-bond donors (Lipinski definition) is 3. The Kier molecular flexibility index (Phi) is 4.86. The average molecular weight is 399 g/mol. The molecule has 2 aromatic carbocycles. The SMILES string of the molecule is O=C(Nc1nc2c(c(NCc3ccccc3)n1)CCNC2)c1cccc2cocc12. The van der Waals surface area contributed by atoms with Gasteiger partial charge in [-0.3, -0.25) is 10.1 Å². The van der Waals surface area contributed by atoms with Crippen LogP contribution in [0.15, 0.2) is 65.5 Å². The fraction of sp³-hybridized carbons (Fsp3) is 0.174. The van der Waals surface area contributed by atoms with Gasteiger partial charge in [0.2, 0.25) is 5.95 Å². The first-order valence-electron chi connectivity index (χ1n) is 9.92. The van der Waals surface area contributed by atoms with Gasteiger partial charge in [-0.25, -0.2) is 4.98 Å². The van der Waals surface area contributed by atoms with Crippen LogP contribution in [-0.2, 0) is 19.5 Å². The Hall–Kier alpha value is -3.71. The lowest BCUT2D eigenvalue weighted by Gasteiger charge is -2.21. The summed E-state index contributed by atoms with van der Waals surface area (Å²) < 4.78 is 5.24. The summed E-state index contributed by atoms with van der Waals surface area (Å²) in [4.78, 5) is 22.1. The summed E-state index contributed by atoms with van der Waals surface area (Å²) in [6.45, 7) is 2.18. The van der Waals surface area contributed by atoms with Crippen molar-refractivity contribution in [3.8, 4) is 0 Å². The molecule has 0 aliphatic carbocycles. The lowest BCUT2D eigenvalue weighted by atomic mass is 10.1. The smallest absolute Gasteiger partial charge is 0.258 e. The lowest BCUT2D eigenvalue weighted by molar-refractivity contribution is 0.102. The Labute approximate surface area is 173 Å². The molecule has 1 aliphatic rings. The predicted molar refractivity (Wildman–Crippen MR) is 115 cm³/mol. The van der Waals surface area contributed by atoms with Gasteiger partial charge < -0.3 is 15.1 Å². The molecule has 5 rings (SSSR count). The highest BCUT2D eigenvalue weighted by atomic mass is 16.3. The molecule has 0 fully saturated rings. The zero-order valence-electron chi connectivity index (χ0n) is 16.3. The first kappa shape index (κ1) is 18.3. The van der Waals surface area contributed by atoms with Gasteiger partial charge in [-0.15, -0.1) is 0 Å². The van der Waals surface area contributed by atoms with E-state index in [9.17, 15) is 4.79 Å². The van der Waals surface area contributed by atoms with Gasteiger partial charge >= 0.3 is 0 Å². The summed E-state index contributed by atoms with van der Waals surface area (Å²) in [5, 5.41) is 11.3. The second-order valence-electron chi connectivity index (χ2n) is 7.22. The maximum atomic E-state index is 12.9. The number of rotatable bonds is 5. The van der Waals surface area contributed by atoms with Gasteiger partial charge in [-0.2, -0.15) is 4.98 Å². The molecular formula is C23H21N5O2. The highest BCUT2D eigenvalue weighted by Gasteiger charge is 2.19. The highest BCUT2D eigenvalue weighted by molar-refractivity contribution is 6.12. The van der Waals surface area contributed by atoms with Crippen LogP contribution in [0.2, 0.25) is 0 Å². The van der Waals surface area contributed by atoms with E-state index in [1.165, 1.54) is 0 Å². The summed E-state index contributed by atoms with van der Waals surface area (Å²) in [5.41, 5.74) is 3.69.